The van der Waals surface area contributed by atoms with Crippen LogP contribution in [0.2, 0.25) is 5.02 Å². The SMILES string of the molecule is O=C(NS(=O)(=O)c1cccc([N+](=O)[O-])c1)c1ccc(N2CCN(Cc3ccccc3-c3ccc(Cl)cc3)CC2)cc1OCCc1ccccc1. The van der Waals surface area contributed by atoms with Gasteiger partial charge in [-0.05, 0) is 52.6 Å². The van der Waals surface area contributed by atoms with Crippen LogP contribution in [0.3, 0.4) is 0 Å². The molecule has 10 nitrogen and oxygen atoms in total. The van der Waals surface area contributed by atoms with Crippen molar-refractivity contribution in [2.45, 2.75) is 17.9 Å². The molecule has 1 aliphatic heterocycles. The highest BCUT2D eigenvalue weighted by atomic mass is 35.5. The average Bonchev–Trinajstić information content (AvgIpc) is 3.13. The van der Waals surface area contributed by atoms with Crippen molar-refractivity contribution in [3.63, 3.8) is 0 Å². The number of sulfonamides is 1. The Morgan fingerprint density at radius 1 is 0.840 bits per heavy atom. The molecule has 50 heavy (non-hydrogen) atoms. The number of benzene rings is 5. The van der Waals surface area contributed by atoms with E-state index in [4.69, 9.17) is 16.3 Å². The van der Waals surface area contributed by atoms with Gasteiger partial charge in [0.25, 0.3) is 21.6 Å². The molecule has 0 aromatic heterocycles. The molecular weight excluding hydrogens is 676 g/mol. The highest BCUT2D eigenvalue weighted by Crippen LogP contribution is 2.30. The van der Waals surface area contributed by atoms with Crippen molar-refractivity contribution in [3.8, 4) is 16.9 Å². The minimum atomic E-state index is -4.41. The summed E-state index contributed by atoms with van der Waals surface area (Å²) < 4.78 is 34.3. The molecule has 1 saturated heterocycles. The molecule has 12 heteroatoms. The molecule has 256 valence electrons. The number of nitro groups is 1. The van der Waals surface area contributed by atoms with E-state index in [1.807, 2.05) is 60.7 Å². The third-order valence-corrected chi connectivity index (χ3v) is 10.2. The molecular formula is C38H35ClN4O6S. The van der Waals surface area contributed by atoms with Gasteiger partial charge >= 0.3 is 0 Å². The molecule has 0 saturated carbocycles. The number of hydrogen-bond acceptors (Lipinski definition) is 8. The van der Waals surface area contributed by atoms with Gasteiger partial charge in [0.15, 0.2) is 0 Å². The molecule has 1 heterocycles. The van der Waals surface area contributed by atoms with Crippen molar-refractivity contribution in [1.29, 1.82) is 0 Å². The number of piperazine rings is 1. The summed E-state index contributed by atoms with van der Waals surface area (Å²) in [7, 11) is -4.41. The van der Waals surface area contributed by atoms with E-state index in [9.17, 15) is 23.3 Å². The van der Waals surface area contributed by atoms with Crippen LogP contribution in [-0.4, -0.2) is 56.9 Å². The lowest BCUT2D eigenvalue weighted by Crippen LogP contribution is -2.46. The van der Waals surface area contributed by atoms with E-state index in [1.165, 1.54) is 29.3 Å². The van der Waals surface area contributed by atoms with Gasteiger partial charge < -0.3 is 9.64 Å². The first-order chi connectivity index (χ1) is 24.2. The largest absolute Gasteiger partial charge is 0.492 e. The summed E-state index contributed by atoms with van der Waals surface area (Å²) >= 11 is 6.12. The van der Waals surface area contributed by atoms with Crippen molar-refractivity contribution >= 4 is 38.9 Å². The molecule has 6 rings (SSSR count). The van der Waals surface area contributed by atoms with Gasteiger partial charge in [-0.2, -0.15) is 0 Å². The number of carbonyl (C=O) groups excluding carboxylic acids is 1. The van der Waals surface area contributed by atoms with Crippen molar-refractivity contribution in [1.82, 2.24) is 9.62 Å². The van der Waals surface area contributed by atoms with Crippen LogP contribution >= 0.6 is 11.6 Å². The third kappa shape index (κ3) is 8.49. The molecule has 0 unspecified atom stereocenters. The Labute approximate surface area is 296 Å². The van der Waals surface area contributed by atoms with Gasteiger partial charge in [-0.15, -0.1) is 0 Å². The normalized spacial score (nSPS) is 13.5. The summed E-state index contributed by atoms with van der Waals surface area (Å²) in [5.74, 6) is -0.661. The summed E-state index contributed by atoms with van der Waals surface area (Å²) in [6.45, 7) is 4.13. The zero-order valence-electron chi connectivity index (χ0n) is 27.1. The highest BCUT2D eigenvalue weighted by Gasteiger charge is 2.25. The zero-order valence-corrected chi connectivity index (χ0v) is 28.6. The lowest BCUT2D eigenvalue weighted by atomic mass is 9.99. The number of non-ortho nitro benzene ring substituents is 1. The molecule has 5 aromatic carbocycles. The fourth-order valence-electron chi connectivity index (χ4n) is 5.91. The van der Waals surface area contributed by atoms with Crippen molar-refractivity contribution in [2.24, 2.45) is 0 Å². The number of nitro benzene ring substituents is 1. The van der Waals surface area contributed by atoms with Crippen LogP contribution in [-0.2, 0) is 23.0 Å². The van der Waals surface area contributed by atoms with Gasteiger partial charge in [0.1, 0.15) is 5.75 Å². The maximum absolute atomic E-state index is 13.4. The first-order valence-electron chi connectivity index (χ1n) is 16.1. The molecule has 1 aliphatic rings. The second-order valence-corrected chi connectivity index (χ2v) is 14.0. The zero-order chi connectivity index (χ0) is 35.1. The maximum atomic E-state index is 13.4. The van der Waals surface area contributed by atoms with Gasteiger partial charge in [0.2, 0.25) is 0 Å². The third-order valence-electron chi connectivity index (χ3n) is 8.57. The molecule has 1 N–H and O–H groups in total. The summed E-state index contributed by atoms with van der Waals surface area (Å²) in [5, 5.41) is 11.9. The van der Waals surface area contributed by atoms with Crippen LogP contribution in [0.1, 0.15) is 21.5 Å². The second-order valence-electron chi connectivity index (χ2n) is 11.9. The fraction of sp³-hybridized carbons (Fsp3) is 0.184. The number of carbonyl (C=O) groups is 1. The van der Waals surface area contributed by atoms with Gasteiger partial charge in [-0.25, -0.2) is 13.1 Å². The van der Waals surface area contributed by atoms with Crippen LogP contribution in [0, 0.1) is 10.1 Å². The summed E-state index contributed by atoms with van der Waals surface area (Å²) in [4.78, 5) is 28.2. The smallest absolute Gasteiger partial charge is 0.270 e. The molecule has 0 bridgehead atoms. The fourth-order valence-corrected chi connectivity index (χ4v) is 7.04. The summed E-state index contributed by atoms with van der Waals surface area (Å²) in [5.41, 5.74) is 5.05. The Hall–Kier alpha value is -5.23. The monoisotopic (exact) mass is 710 g/mol. The average molecular weight is 711 g/mol. The van der Waals surface area contributed by atoms with E-state index in [0.29, 0.717) is 11.4 Å². The minimum absolute atomic E-state index is 0.0354. The Morgan fingerprint density at radius 3 is 2.30 bits per heavy atom. The van der Waals surface area contributed by atoms with Crippen molar-refractivity contribution < 1.29 is 22.9 Å². The van der Waals surface area contributed by atoms with E-state index in [1.54, 1.807) is 18.2 Å². The summed E-state index contributed by atoms with van der Waals surface area (Å²) in [6.07, 6.45) is 0.578. The first kappa shape index (κ1) is 34.6. The number of halogens is 1. The van der Waals surface area contributed by atoms with Gasteiger partial charge in [-0.3, -0.25) is 19.8 Å². The second kappa shape index (κ2) is 15.5. The molecule has 0 atom stereocenters. The molecule has 0 aliphatic carbocycles. The van der Waals surface area contributed by atoms with E-state index < -0.39 is 31.4 Å². The predicted molar refractivity (Wildman–Crippen MR) is 194 cm³/mol. The number of amides is 1. The lowest BCUT2D eigenvalue weighted by molar-refractivity contribution is -0.385. The number of hydrogen-bond donors (Lipinski definition) is 1. The number of anilines is 1. The molecule has 5 aromatic rings. The maximum Gasteiger partial charge on any atom is 0.270 e. The standard InChI is InChI=1S/C38H35ClN4O6S/c39-31-15-13-29(14-16-31)35-12-5-4-9-30(35)27-41-20-22-42(23-21-41)32-17-18-36(37(26-32)49-24-19-28-7-2-1-3-8-28)38(44)40-50(47,48)34-11-6-10-33(25-34)43(45)46/h1-18,25-26H,19-24,27H2,(H,40,44). The Balaban J connectivity index is 1.17. The van der Waals surface area contributed by atoms with E-state index in [0.717, 1.165) is 55.6 Å². The van der Waals surface area contributed by atoms with Crippen LogP contribution in [0.25, 0.3) is 11.1 Å². The van der Waals surface area contributed by atoms with Gasteiger partial charge in [-0.1, -0.05) is 84.4 Å². The first-order valence-corrected chi connectivity index (χ1v) is 18.0. The highest BCUT2D eigenvalue weighted by molar-refractivity contribution is 7.90. The quantitative estimate of drug-likeness (QED) is 0.109. The Morgan fingerprint density at radius 2 is 1.56 bits per heavy atom. The molecule has 1 fully saturated rings. The van der Waals surface area contributed by atoms with Gasteiger partial charge in [0, 0.05) is 68.1 Å². The van der Waals surface area contributed by atoms with E-state index in [2.05, 4.69) is 32.7 Å². The van der Waals surface area contributed by atoms with Crippen molar-refractivity contribution in [3.05, 3.63) is 153 Å². The van der Waals surface area contributed by atoms with Gasteiger partial charge in [0.05, 0.1) is 22.0 Å². The molecule has 1 amide bonds. The molecule has 0 spiro atoms. The number of nitrogens with one attached hydrogen (secondary N) is 1. The van der Waals surface area contributed by atoms with Crippen molar-refractivity contribution in [2.75, 3.05) is 37.7 Å². The molecule has 0 radical (unpaired) electrons. The lowest BCUT2D eigenvalue weighted by Gasteiger charge is -2.36. The minimum Gasteiger partial charge on any atom is -0.492 e. The van der Waals surface area contributed by atoms with E-state index in [-0.39, 0.29) is 17.9 Å². The predicted octanol–water partition coefficient (Wildman–Crippen LogP) is 6.98. The van der Waals surface area contributed by atoms with Crippen LogP contribution in [0.15, 0.2) is 126 Å². The topological polar surface area (TPSA) is 122 Å². The summed E-state index contributed by atoms with van der Waals surface area (Å²) in [6, 6.07) is 35.6. The van der Waals surface area contributed by atoms with Crippen LogP contribution < -0.4 is 14.4 Å². The van der Waals surface area contributed by atoms with E-state index >= 15 is 0 Å². The van der Waals surface area contributed by atoms with Crippen LogP contribution in [0.4, 0.5) is 11.4 Å². The Bertz CT molecular complexity index is 2090. The number of nitrogens with zero attached hydrogens (tertiary/aromatic N) is 3. The Kier molecular flexibility index (Phi) is 10.8. The van der Waals surface area contributed by atoms with Crippen LogP contribution in [0.5, 0.6) is 5.75 Å². The number of rotatable bonds is 12. The number of ether oxygens (including phenoxy) is 1.